The Balaban J connectivity index is 1.64. The van der Waals surface area contributed by atoms with Crippen molar-refractivity contribution < 1.29 is 0 Å². The fourth-order valence-corrected chi connectivity index (χ4v) is 3.41. The molecule has 0 saturated carbocycles. The molecule has 0 spiro atoms. The van der Waals surface area contributed by atoms with Crippen LogP contribution >= 0.6 is 0 Å². The first-order chi connectivity index (χ1) is 8.69. The summed E-state index contributed by atoms with van der Waals surface area (Å²) >= 11 is 0. The Kier molecular flexibility index (Phi) is 5.46. The fourth-order valence-electron chi connectivity index (χ4n) is 3.41. The molecule has 1 N–H and O–H groups in total. The summed E-state index contributed by atoms with van der Waals surface area (Å²) in [5.74, 6) is 1.78. The molecule has 2 fully saturated rings. The summed E-state index contributed by atoms with van der Waals surface area (Å²) in [6.45, 7) is 12.3. The number of nitrogens with zero attached hydrogens (tertiary/aromatic N) is 2. The smallest absolute Gasteiger partial charge is 0.00680 e. The predicted octanol–water partition coefficient (Wildman–Crippen LogP) is 1.65. The van der Waals surface area contributed by atoms with Crippen LogP contribution in [0.5, 0.6) is 0 Å². The number of rotatable bonds is 5. The van der Waals surface area contributed by atoms with Gasteiger partial charge >= 0.3 is 0 Å². The average Bonchev–Trinajstić information content (AvgIpc) is 2.85. The van der Waals surface area contributed by atoms with E-state index in [9.17, 15) is 0 Å². The van der Waals surface area contributed by atoms with E-state index in [2.05, 4.69) is 36.0 Å². The van der Waals surface area contributed by atoms with Crippen LogP contribution in [-0.2, 0) is 0 Å². The molecule has 106 valence electrons. The van der Waals surface area contributed by atoms with Gasteiger partial charge in [0.05, 0.1) is 0 Å². The molecule has 0 amide bonds. The second kappa shape index (κ2) is 6.88. The maximum atomic E-state index is 3.81. The largest absolute Gasteiger partial charge is 0.314 e. The second-order valence-electron chi connectivity index (χ2n) is 6.39. The Morgan fingerprint density at radius 1 is 1.17 bits per heavy atom. The summed E-state index contributed by atoms with van der Waals surface area (Å²) < 4.78 is 0. The maximum Gasteiger partial charge on any atom is 0.00680 e. The first-order valence-electron chi connectivity index (χ1n) is 7.83. The zero-order valence-corrected chi connectivity index (χ0v) is 12.5. The third-order valence-electron chi connectivity index (χ3n) is 5.02. The molecule has 2 saturated heterocycles. The van der Waals surface area contributed by atoms with Crippen molar-refractivity contribution in [3.8, 4) is 0 Å². The van der Waals surface area contributed by atoms with Crippen LogP contribution in [0.15, 0.2) is 0 Å². The van der Waals surface area contributed by atoms with Gasteiger partial charge in [0, 0.05) is 12.6 Å². The SMILES string of the molecule is CCN1CCC(CNC(C)C2CCN(C)CC2)C1. The highest BCUT2D eigenvalue weighted by Crippen LogP contribution is 2.20. The number of hydrogen-bond acceptors (Lipinski definition) is 3. The van der Waals surface area contributed by atoms with E-state index < -0.39 is 0 Å². The van der Waals surface area contributed by atoms with Crippen molar-refractivity contribution in [1.82, 2.24) is 15.1 Å². The molecule has 2 aliphatic heterocycles. The van der Waals surface area contributed by atoms with Crippen LogP contribution in [0.1, 0.15) is 33.1 Å². The van der Waals surface area contributed by atoms with Crippen LogP contribution in [0.2, 0.25) is 0 Å². The zero-order valence-electron chi connectivity index (χ0n) is 12.5. The van der Waals surface area contributed by atoms with Crippen molar-refractivity contribution in [2.45, 2.75) is 39.2 Å². The molecule has 0 bridgehead atoms. The normalized spacial score (nSPS) is 29.8. The Labute approximate surface area is 113 Å². The van der Waals surface area contributed by atoms with Crippen LogP contribution in [-0.4, -0.2) is 62.2 Å². The van der Waals surface area contributed by atoms with Crippen molar-refractivity contribution in [2.75, 3.05) is 46.3 Å². The zero-order chi connectivity index (χ0) is 13.0. The van der Waals surface area contributed by atoms with Gasteiger partial charge in [-0.1, -0.05) is 6.92 Å². The van der Waals surface area contributed by atoms with Crippen molar-refractivity contribution in [2.24, 2.45) is 11.8 Å². The highest BCUT2D eigenvalue weighted by atomic mass is 15.1. The molecule has 2 heterocycles. The molecule has 0 radical (unpaired) electrons. The highest BCUT2D eigenvalue weighted by Gasteiger charge is 2.25. The van der Waals surface area contributed by atoms with Gasteiger partial charge in [-0.15, -0.1) is 0 Å². The predicted molar refractivity (Wildman–Crippen MR) is 77.9 cm³/mol. The van der Waals surface area contributed by atoms with E-state index in [0.29, 0.717) is 6.04 Å². The van der Waals surface area contributed by atoms with E-state index in [1.807, 2.05) is 0 Å². The van der Waals surface area contributed by atoms with E-state index in [1.54, 1.807) is 0 Å². The molecule has 0 aromatic rings. The summed E-state index contributed by atoms with van der Waals surface area (Å²) in [7, 11) is 2.24. The van der Waals surface area contributed by atoms with Gasteiger partial charge < -0.3 is 15.1 Å². The first kappa shape index (κ1) is 14.3. The van der Waals surface area contributed by atoms with E-state index in [0.717, 1.165) is 11.8 Å². The van der Waals surface area contributed by atoms with Gasteiger partial charge in [0.2, 0.25) is 0 Å². The highest BCUT2D eigenvalue weighted by molar-refractivity contribution is 4.81. The summed E-state index contributed by atoms with van der Waals surface area (Å²) in [6.07, 6.45) is 4.13. The molecule has 3 heteroatoms. The molecule has 2 aliphatic rings. The van der Waals surface area contributed by atoms with Gasteiger partial charge in [0.25, 0.3) is 0 Å². The minimum atomic E-state index is 0.703. The molecule has 2 atom stereocenters. The lowest BCUT2D eigenvalue weighted by molar-refractivity contribution is 0.187. The van der Waals surface area contributed by atoms with Crippen LogP contribution in [0, 0.1) is 11.8 Å². The lowest BCUT2D eigenvalue weighted by Crippen LogP contribution is -2.42. The van der Waals surface area contributed by atoms with Crippen LogP contribution in [0.3, 0.4) is 0 Å². The Bertz CT molecular complexity index is 236. The number of likely N-dealkylation sites (tertiary alicyclic amines) is 2. The second-order valence-corrected chi connectivity index (χ2v) is 6.39. The van der Waals surface area contributed by atoms with Crippen molar-refractivity contribution in [1.29, 1.82) is 0 Å². The fraction of sp³-hybridized carbons (Fsp3) is 1.00. The standard InChI is InChI=1S/C15H31N3/c1-4-18-10-5-14(12-18)11-16-13(2)15-6-8-17(3)9-7-15/h13-16H,4-12H2,1-3H3. The summed E-state index contributed by atoms with van der Waals surface area (Å²) in [4.78, 5) is 5.03. The Hall–Kier alpha value is -0.120. The van der Waals surface area contributed by atoms with Gasteiger partial charge in [-0.25, -0.2) is 0 Å². The number of piperidine rings is 1. The van der Waals surface area contributed by atoms with Crippen molar-refractivity contribution >= 4 is 0 Å². The molecule has 0 aliphatic carbocycles. The van der Waals surface area contributed by atoms with Gasteiger partial charge in [0.15, 0.2) is 0 Å². The van der Waals surface area contributed by atoms with Gasteiger partial charge in [0.1, 0.15) is 0 Å². The minimum absolute atomic E-state index is 0.703. The quantitative estimate of drug-likeness (QED) is 0.804. The average molecular weight is 253 g/mol. The van der Waals surface area contributed by atoms with E-state index >= 15 is 0 Å². The molecular formula is C15H31N3. The lowest BCUT2D eigenvalue weighted by Gasteiger charge is -2.33. The monoisotopic (exact) mass is 253 g/mol. The molecule has 0 aromatic heterocycles. The molecule has 3 nitrogen and oxygen atoms in total. The van der Waals surface area contributed by atoms with Crippen molar-refractivity contribution in [3.63, 3.8) is 0 Å². The molecule has 2 unspecified atom stereocenters. The van der Waals surface area contributed by atoms with Gasteiger partial charge in [-0.3, -0.25) is 0 Å². The van der Waals surface area contributed by atoms with Gasteiger partial charge in [-0.05, 0) is 77.8 Å². The third-order valence-corrected chi connectivity index (χ3v) is 5.02. The minimum Gasteiger partial charge on any atom is -0.314 e. The topological polar surface area (TPSA) is 18.5 Å². The third kappa shape index (κ3) is 3.94. The maximum absolute atomic E-state index is 3.81. The van der Waals surface area contributed by atoms with Crippen LogP contribution in [0.4, 0.5) is 0 Å². The summed E-state index contributed by atoms with van der Waals surface area (Å²) in [5, 5.41) is 3.81. The Morgan fingerprint density at radius 3 is 2.50 bits per heavy atom. The number of nitrogens with one attached hydrogen (secondary N) is 1. The van der Waals surface area contributed by atoms with Crippen LogP contribution < -0.4 is 5.32 Å². The molecule has 0 aromatic carbocycles. The van der Waals surface area contributed by atoms with Crippen molar-refractivity contribution in [3.05, 3.63) is 0 Å². The Morgan fingerprint density at radius 2 is 1.89 bits per heavy atom. The molecular weight excluding hydrogens is 222 g/mol. The van der Waals surface area contributed by atoms with Gasteiger partial charge in [-0.2, -0.15) is 0 Å². The number of hydrogen-bond donors (Lipinski definition) is 1. The summed E-state index contributed by atoms with van der Waals surface area (Å²) in [6, 6.07) is 0.703. The molecule has 2 rings (SSSR count). The lowest BCUT2D eigenvalue weighted by atomic mass is 9.90. The van der Waals surface area contributed by atoms with E-state index in [4.69, 9.17) is 0 Å². The molecule has 18 heavy (non-hydrogen) atoms. The van der Waals surface area contributed by atoms with E-state index in [-0.39, 0.29) is 0 Å². The first-order valence-corrected chi connectivity index (χ1v) is 7.83. The van der Waals surface area contributed by atoms with E-state index in [1.165, 1.54) is 58.5 Å². The summed E-state index contributed by atoms with van der Waals surface area (Å²) in [5.41, 5.74) is 0. The van der Waals surface area contributed by atoms with Crippen LogP contribution in [0.25, 0.3) is 0 Å².